The number of thiazole rings is 1. The van der Waals surface area contributed by atoms with E-state index in [1.165, 1.54) is 21.0 Å². The lowest BCUT2D eigenvalue weighted by Gasteiger charge is -2.31. The lowest BCUT2D eigenvalue weighted by atomic mass is 9.89. The molecule has 7 heteroatoms. The van der Waals surface area contributed by atoms with E-state index in [4.69, 9.17) is 9.73 Å². The van der Waals surface area contributed by atoms with Crippen LogP contribution in [0, 0.1) is 19.8 Å². The van der Waals surface area contributed by atoms with Crippen molar-refractivity contribution in [2.24, 2.45) is 10.9 Å². The fourth-order valence-electron chi connectivity index (χ4n) is 3.51. The zero-order valence-corrected chi connectivity index (χ0v) is 20.8. The second-order valence-electron chi connectivity index (χ2n) is 7.37. The van der Waals surface area contributed by atoms with Crippen molar-refractivity contribution in [1.82, 2.24) is 15.6 Å². The van der Waals surface area contributed by atoms with Gasteiger partial charge in [-0.2, -0.15) is 0 Å². The maximum absolute atomic E-state index is 6.13. The third kappa shape index (κ3) is 7.53. The first-order valence-corrected chi connectivity index (χ1v) is 11.1. The van der Waals surface area contributed by atoms with Crippen molar-refractivity contribution in [3.05, 3.63) is 51.5 Å². The van der Waals surface area contributed by atoms with Gasteiger partial charge in [0.25, 0.3) is 0 Å². The van der Waals surface area contributed by atoms with E-state index in [2.05, 4.69) is 60.7 Å². The fraction of sp³-hybridized carbons (Fsp3) is 0.545. The first-order valence-electron chi connectivity index (χ1n) is 10.3. The number of benzene rings is 1. The normalized spacial score (nSPS) is 19.5. The molecule has 0 spiro atoms. The van der Waals surface area contributed by atoms with E-state index in [9.17, 15) is 0 Å². The summed E-state index contributed by atoms with van der Waals surface area (Å²) in [5.41, 5.74) is 2.55. The van der Waals surface area contributed by atoms with Gasteiger partial charge < -0.3 is 15.4 Å². The summed E-state index contributed by atoms with van der Waals surface area (Å²) >= 11 is 1.76. The Morgan fingerprint density at radius 3 is 2.72 bits per heavy atom. The molecule has 1 saturated heterocycles. The van der Waals surface area contributed by atoms with Crippen LogP contribution in [0.15, 0.2) is 35.5 Å². The maximum Gasteiger partial charge on any atom is 0.191 e. The van der Waals surface area contributed by atoms with Gasteiger partial charge in [-0.3, -0.25) is 4.99 Å². The number of hydrogen-bond acceptors (Lipinski definition) is 4. The van der Waals surface area contributed by atoms with Gasteiger partial charge >= 0.3 is 0 Å². The molecule has 3 rings (SSSR count). The van der Waals surface area contributed by atoms with E-state index >= 15 is 0 Å². The lowest BCUT2D eigenvalue weighted by Crippen LogP contribution is -2.39. The number of nitrogens with one attached hydrogen (secondary N) is 2. The van der Waals surface area contributed by atoms with Crippen molar-refractivity contribution < 1.29 is 4.74 Å². The molecule has 2 atom stereocenters. The maximum atomic E-state index is 6.13. The fourth-order valence-corrected chi connectivity index (χ4v) is 4.30. The predicted octanol–water partition coefficient (Wildman–Crippen LogP) is 4.64. The Morgan fingerprint density at radius 1 is 1.24 bits per heavy atom. The van der Waals surface area contributed by atoms with Gasteiger partial charge in [0.2, 0.25) is 0 Å². The molecule has 1 aromatic heterocycles. The highest BCUT2D eigenvalue weighted by Gasteiger charge is 2.27. The van der Waals surface area contributed by atoms with Crippen LogP contribution in [0.25, 0.3) is 0 Å². The van der Waals surface area contributed by atoms with Gasteiger partial charge in [-0.05, 0) is 39.2 Å². The van der Waals surface area contributed by atoms with Gasteiger partial charge in [0, 0.05) is 49.7 Å². The molecule has 29 heavy (non-hydrogen) atoms. The van der Waals surface area contributed by atoms with E-state index < -0.39 is 0 Å². The topological polar surface area (TPSA) is 58.5 Å². The second kappa shape index (κ2) is 12.5. The quantitative estimate of drug-likeness (QED) is 0.312. The molecule has 1 aromatic carbocycles. The summed E-state index contributed by atoms with van der Waals surface area (Å²) in [5, 5.41) is 7.97. The Balaban J connectivity index is 0.00000300. The molecular formula is C22H33IN4OS. The van der Waals surface area contributed by atoms with Gasteiger partial charge in [0.05, 0.1) is 11.1 Å². The largest absolute Gasteiger partial charge is 0.373 e. The molecule has 1 fully saturated rings. The minimum Gasteiger partial charge on any atom is -0.373 e. The number of aryl methyl sites for hydroxylation is 2. The third-order valence-electron chi connectivity index (χ3n) is 4.98. The number of aliphatic imine (C=N–C) groups is 1. The van der Waals surface area contributed by atoms with Crippen molar-refractivity contribution in [1.29, 1.82) is 0 Å². The number of guanidine groups is 1. The van der Waals surface area contributed by atoms with Crippen LogP contribution in [0.4, 0.5) is 0 Å². The zero-order chi connectivity index (χ0) is 19.8. The van der Waals surface area contributed by atoms with Crippen molar-refractivity contribution >= 4 is 41.3 Å². The third-order valence-corrected chi connectivity index (χ3v) is 5.95. The van der Waals surface area contributed by atoms with Crippen LogP contribution >= 0.6 is 35.3 Å². The second-order valence-corrected chi connectivity index (χ2v) is 8.68. The molecule has 5 nitrogen and oxygen atoms in total. The summed E-state index contributed by atoms with van der Waals surface area (Å²) in [6.45, 7) is 9.60. The van der Waals surface area contributed by atoms with Crippen LogP contribution in [0.2, 0.25) is 0 Å². The standard InChI is InChI=1S/C22H32N4OS.HI/c1-4-23-22(24-12-11-20-25-14-17(3)28-20)26-15-19-6-5-13-27-21(19)18-9-7-16(2)8-10-18;/h7-10,14,19,21H,4-6,11-13,15H2,1-3H3,(H2,23,24,26);1H. The van der Waals surface area contributed by atoms with Crippen LogP contribution in [0.1, 0.15) is 46.9 Å². The van der Waals surface area contributed by atoms with Crippen LogP contribution in [-0.2, 0) is 11.2 Å². The van der Waals surface area contributed by atoms with Crippen LogP contribution < -0.4 is 10.6 Å². The molecule has 0 radical (unpaired) electrons. The van der Waals surface area contributed by atoms with Gasteiger partial charge in [-0.25, -0.2) is 4.98 Å². The monoisotopic (exact) mass is 528 g/mol. The SMILES string of the molecule is CCNC(=NCC1CCCOC1c1ccc(C)cc1)NCCc1ncc(C)s1.I. The van der Waals surface area contributed by atoms with E-state index in [1.54, 1.807) is 11.3 Å². The van der Waals surface area contributed by atoms with Gasteiger partial charge in [0.1, 0.15) is 0 Å². The van der Waals surface area contributed by atoms with Crippen molar-refractivity contribution in [2.45, 2.75) is 46.1 Å². The molecule has 2 unspecified atom stereocenters. The average Bonchev–Trinajstić information content (AvgIpc) is 3.12. The summed E-state index contributed by atoms with van der Waals surface area (Å²) < 4.78 is 6.13. The summed E-state index contributed by atoms with van der Waals surface area (Å²) in [5.74, 6) is 1.29. The first-order chi connectivity index (χ1) is 13.7. The lowest BCUT2D eigenvalue weighted by molar-refractivity contribution is -0.0250. The van der Waals surface area contributed by atoms with E-state index in [-0.39, 0.29) is 30.1 Å². The van der Waals surface area contributed by atoms with E-state index in [0.29, 0.717) is 5.92 Å². The Labute approximate surface area is 195 Å². The van der Waals surface area contributed by atoms with Crippen LogP contribution in [0.3, 0.4) is 0 Å². The highest BCUT2D eigenvalue weighted by Crippen LogP contribution is 2.33. The molecule has 0 aliphatic carbocycles. The molecule has 160 valence electrons. The van der Waals surface area contributed by atoms with Gasteiger partial charge in [-0.15, -0.1) is 35.3 Å². The molecule has 2 heterocycles. The van der Waals surface area contributed by atoms with Gasteiger partial charge in [-0.1, -0.05) is 29.8 Å². The molecule has 1 aliphatic heterocycles. The van der Waals surface area contributed by atoms with E-state index in [0.717, 1.165) is 51.5 Å². The highest BCUT2D eigenvalue weighted by molar-refractivity contribution is 14.0. The smallest absolute Gasteiger partial charge is 0.191 e. The van der Waals surface area contributed by atoms with Crippen molar-refractivity contribution in [3.8, 4) is 0 Å². The molecule has 1 aliphatic rings. The highest BCUT2D eigenvalue weighted by atomic mass is 127. The Kier molecular flexibility index (Phi) is 10.4. The summed E-state index contributed by atoms with van der Waals surface area (Å²) in [6.07, 6.45) is 5.25. The van der Waals surface area contributed by atoms with E-state index in [1.807, 2.05) is 6.20 Å². The number of hydrogen-bond donors (Lipinski definition) is 2. The first kappa shape index (κ1) is 24.1. The molecule has 2 aromatic rings. The minimum absolute atomic E-state index is 0. The Bertz CT molecular complexity index is 762. The number of ether oxygens (including phenoxy) is 1. The number of halogens is 1. The molecule has 2 N–H and O–H groups in total. The number of nitrogens with zero attached hydrogens (tertiary/aromatic N) is 2. The minimum atomic E-state index is 0. The Morgan fingerprint density at radius 2 is 2.03 bits per heavy atom. The summed E-state index contributed by atoms with van der Waals surface area (Å²) in [4.78, 5) is 10.6. The number of aromatic nitrogens is 1. The number of rotatable bonds is 7. The van der Waals surface area contributed by atoms with Crippen LogP contribution in [0.5, 0.6) is 0 Å². The van der Waals surface area contributed by atoms with Crippen molar-refractivity contribution in [2.75, 3.05) is 26.2 Å². The molecule has 0 amide bonds. The summed E-state index contributed by atoms with van der Waals surface area (Å²) in [7, 11) is 0. The molecule has 0 bridgehead atoms. The Hall–Kier alpha value is -1.19. The summed E-state index contributed by atoms with van der Waals surface area (Å²) in [6, 6.07) is 8.72. The predicted molar refractivity (Wildman–Crippen MR) is 133 cm³/mol. The molecule has 0 saturated carbocycles. The van der Waals surface area contributed by atoms with Crippen LogP contribution in [-0.4, -0.2) is 37.2 Å². The average molecular weight is 529 g/mol. The van der Waals surface area contributed by atoms with Crippen molar-refractivity contribution in [3.63, 3.8) is 0 Å². The molecular weight excluding hydrogens is 495 g/mol. The van der Waals surface area contributed by atoms with Gasteiger partial charge in [0.15, 0.2) is 5.96 Å². The zero-order valence-electron chi connectivity index (χ0n) is 17.6.